The van der Waals surface area contributed by atoms with Crippen LogP contribution in [0.15, 0.2) is 47.6 Å². The number of hydrogen-bond donors (Lipinski definition) is 0. The summed E-state index contributed by atoms with van der Waals surface area (Å²) in [4.78, 5) is 4.19. The molecule has 0 radical (unpaired) electrons. The fraction of sp³-hybridized carbons (Fsp3) is 0.353. The fourth-order valence-corrected chi connectivity index (χ4v) is 4.79. The lowest BCUT2D eigenvalue weighted by atomic mass is 9.96. The third-order valence-electron chi connectivity index (χ3n) is 4.61. The quantitative estimate of drug-likeness (QED) is 0.866. The van der Waals surface area contributed by atoms with Gasteiger partial charge in [-0.2, -0.15) is 4.31 Å². The van der Waals surface area contributed by atoms with Crippen molar-refractivity contribution in [3.05, 3.63) is 53.9 Å². The first-order valence-electron chi connectivity index (χ1n) is 7.80. The first-order chi connectivity index (χ1) is 11.1. The number of nitrogens with zero attached hydrogens (tertiary/aromatic N) is 2. The van der Waals surface area contributed by atoms with Gasteiger partial charge in [0.1, 0.15) is 10.6 Å². The fourth-order valence-electron chi connectivity index (χ4n) is 3.33. The van der Waals surface area contributed by atoms with Crippen LogP contribution in [0.3, 0.4) is 0 Å². The van der Waals surface area contributed by atoms with Gasteiger partial charge < -0.3 is 4.74 Å². The molecule has 1 saturated heterocycles. The van der Waals surface area contributed by atoms with Crippen LogP contribution in [0.5, 0.6) is 5.75 Å². The Morgan fingerprint density at radius 3 is 3.00 bits per heavy atom. The van der Waals surface area contributed by atoms with Crippen LogP contribution in [-0.2, 0) is 16.4 Å². The number of aromatic nitrogens is 1. The predicted molar refractivity (Wildman–Crippen MR) is 86.0 cm³/mol. The van der Waals surface area contributed by atoms with E-state index in [9.17, 15) is 8.42 Å². The van der Waals surface area contributed by atoms with E-state index in [0.717, 1.165) is 25.2 Å². The Labute approximate surface area is 136 Å². The molecule has 1 fully saturated rings. The van der Waals surface area contributed by atoms with Crippen LogP contribution in [0.2, 0.25) is 0 Å². The van der Waals surface area contributed by atoms with E-state index in [1.54, 1.807) is 22.6 Å². The van der Waals surface area contributed by atoms with Gasteiger partial charge in [-0.05, 0) is 41.7 Å². The summed E-state index contributed by atoms with van der Waals surface area (Å²) in [6.45, 7) is 1.82. The third kappa shape index (κ3) is 2.62. The van der Waals surface area contributed by atoms with Gasteiger partial charge in [0, 0.05) is 31.9 Å². The molecule has 0 spiro atoms. The number of fused-ring (bicyclic) bond motifs is 1. The van der Waals surface area contributed by atoms with E-state index in [1.807, 2.05) is 6.07 Å². The highest BCUT2D eigenvalue weighted by Crippen LogP contribution is 2.34. The second-order valence-corrected chi connectivity index (χ2v) is 7.94. The first-order valence-corrected chi connectivity index (χ1v) is 9.24. The average Bonchev–Trinajstić information content (AvgIpc) is 3.24. The van der Waals surface area contributed by atoms with Crippen molar-refractivity contribution in [3.63, 3.8) is 0 Å². The van der Waals surface area contributed by atoms with Crippen LogP contribution in [0, 0.1) is 0 Å². The van der Waals surface area contributed by atoms with Crippen molar-refractivity contribution in [2.45, 2.75) is 23.7 Å². The zero-order valence-electron chi connectivity index (χ0n) is 12.7. The largest absolute Gasteiger partial charge is 0.493 e. The SMILES string of the molecule is O=S(=O)(c1cccnc1)N1CC[C@H](c2ccc3c(c2)CCO3)C1. The molecule has 0 amide bonds. The third-order valence-corrected chi connectivity index (χ3v) is 6.46. The van der Waals surface area contributed by atoms with Crippen molar-refractivity contribution in [3.8, 4) is 5.75 Å². The van der Waals surface area contributed by atoms with Crippen molar-refractivity contribution < 1.29 is 13.2 Å². The summed E-state index contributed by atoms with van der Waals surface area (Å²) >= 11 is 0. The van der Waals surface area contributed by atoms with Crippen molar-refractivity contribution in [2.75, 3.05) is 19.7 Å². The minimum atomic E-state index is -3.44. The molecule has 2 aromatic rings. The lowest BCUT2D eigenvalue weighted by Gasteiger charge is -2.16. The Bertz CT molecular complexity index is 821. The van der Waals surface area contributed by atoms with Gasteiger partial charge in [-0.1, -0.05) is 12.1 Å². The Morgan fingerprint density at radius 2 is 2.17 bits per heavy atom. The summed E-state index contributed by atoms with van der Waals surface area (Å²) in [5.74, 6) is 1.21. The molecule has 0 N–H and O–H groups in total. The number of hydrogen-bond acceptors (Lipinski definition) is 4. The van der Waals surface area contributed by atoms with Crippen LogP contribution in [0.25, 0.3) is 0 Å². The van der Waals surface area contributed by atoms with Crippen LogP contribution >= 0.6 is 0 Å². The van der Waals surface area contributed by atoms with Crippen molar-refractivity contribution >= 4 is 10.0 Å². The van der Waals surface area contributed by atoms with E-state index >= 15 is 0 Å². The number of ether oxygens (including phenoxy) is 1. The molecule has 4 rings (SSSR count). The van der Waals surface area contributed by atoms with Crippen molar-refractivity contribution in [1.82, 2.24) is 9.29 Å². The number of benzene rings is 1. The lowest BCUT2D eigenvalue weighted by Crippen LogP contribution is -2.28. The molecule has 6 heteroatoms. The van der Waals surface area contributed by atoms with Gasteiger partial charge in [-0.15, -0.1) is 0 Å². The molecule has 0 aliphatic carbocycles. The van der Waals surface area contributed by atoms with Crippen LogP contribution in [0.4, 0.5) is 0 Å². The summed E-state index contributed by atoms with van der Waals surface area (Å²) in [6.07, 6.45) is 4.78. The maximum absolute atomic E-state index is 12.7. The molecule has 0 bridgehead atoms. The highest BCUT2D eigenvalue weighted by atomic mass is 32.2. The molecule has 0 unspecified atom stereocenters. The molecule has 2 aliphatic rings. The number of pyridine rings is 1. The van der Waals surface area contributed by atoms with Crippen LogP contribution in [0.1, 0.15) is 23.5 Å². The predicted octanol–water partition coefficient (Wildman–Crippen LogP) is 2.19. The molecule has 1 atom stereocenters. The molecule has 120 valence electrons. The normalized spacial score (nSPS) is 21.1. The van der Waals surface area contributed by atoms with Crippen molar-refractivity contribution in [1.29, 1.82) is 0 Å². The van der Waals surface area contributed by atoms with E-state index in [4.69, 9.17) is 4.74 Å². The highest BCUT2D eigenvalue weighted by Gasteiger charge is 2.33. The maximum Gasteiger partial charge on any atom is 0.244 e. The monoisotopic (exact) mass is 330 g/mol. The Hall–Kier alpha value is -1.92. The molecule has 1 aromatic heterocycles. The molecule has 1 aromatic carbocycles. The average molecular weight is 330 g/mol. The second kappa shape index (κ2) is 5.62. The van der Waals surface area contributed by atoms with Crippen molar-refractivity contribution in [2.24, 2.45) is 0 Å². The Morgan fingerprint density at radius 1 is 1.26 bits per heavy atom. The van der Waals surface area contributed by atoms with E-state index in [2.05, 4.69) is 17.1 Å². The Balaban J connectivity index is 1.55. The van der Waals surface area contributed by atoms with Gasteiger partial charge in [0.2, 0.25) is 10.0 Å². The summed E-state index contributed by atoms with van der Waals surface area (Å²) in [6, 6.07) is 9.50. The molecule has 0 saturated carbocycles. The first kappa shape index (κ1) is 14.7. The minimum Gasteiger partial charge on any atom is -0.493 e. The van der Waals surface area contributed by atoms with E-state index in [-0.39, 0.29) is 10.8 Å². The Kier molecular flexibility index (Phi) is 3.58. The van der Waals surface area contributed by atoms with Gasteiger partial charge in [0.15, 0.2) is 0 Å². The van der Waals surface area contributed by atoms with Gasteiger partial charge in [0.25, 0.3) is 0 Å². The lowest BCUT2D eigenvalue weighted by molar-refractivity contribution is 0.357. The summed E-state index contributed by atoms with van der Waals surface area (Å²) < 4.78 is 32.4. The minimum absolute atomic E-state index is 0.243. The van der Waals surface area contributed by atoms with Crippen LogP contribution < -0.4 is 4.74 Å². The molecule has 2 aliphatic heterocycles. The molecule has 3 heterocycles. The van der Waals surface area contributed by atoms with Gasteiger partial charge in [-0.3, -0.25) is 4.98 Å². The number of sulfonamides is 1. The second-order valence-electron chi connectivity index (χ2n) is 6.00. The van der Waals surface area contributed by atoms with E-state index in [0.29, 0.717) is 13.1 Å². The zero-order valence-corrected chi connectivity index (χ0v) is 13.5. The number of rotatable bonds is 3. The van der Waals surface area contributed by atoms with Gasteiger partial charge in [-0.25, -0.2) is 8.42 Å². The van der Waals surface area contributed by atoms with E-state index in [1.165, 1.54) is 17.3 Å². The molecular formula is C17H18N2O3S. The standard InChI is InChI=1S/C17H18N2O3S/c20-23(21,16-2-1-7-18-11-16)19-8-5-15(12-19)13-3-4-17-14(10-13)6-9-22-17/h1-4,7,10-11,15H,5-6,8-9,12H2/t15-/m0/s1. The smallest absolute Gasteiger partial charge is 0.244 e. The van der Waals surface area contributed by atoms with E-state index < -0.39 is 10.0 Å². The van der Waals surface area contributed by atoms with Crippen LogP contribution in [-0.4, -0.2) is 37.4 Å². The topological polar surface area (TPSA) is 59.5 Å². The summed E-state index contributed by atoms with van der Waals surface area (Å²) in [5.41, 5.74) is 2.44. The molecule has 5 nitrogen and oxygen atoms in total. The highest BCUT2D eigenvalue weighted by molar-refractivity contribution is 7.89. The summed E-state index contributed by atoms with van der Waals surface area (Å²) in [5, 5.41) is 0. The van der Waals surface area contributed by atoms with Gasteiger partial charge in [0.05, 0.1) is 6.61 Å². The molecular weight excluding hydrogens is 312 g/mol. The van der Waals surface area contributed by atoms with Gasteiger partial charge >= 0.3 is 0 Å². The zero-order chi connectivity index (χ0) is 15.9. The maximum atomic E-state index is 12.7. The summed E-state index contributed by atoms with van der Waals surface area (Å²) in [7, 11) is -3.44. The molecule has 23 heavy (non-hydrogen) atoms.